The van der Waals surface area contributed by atoms with Crippen LogP contribution in [0, 0.1) is 0 Å². The van der Waals surface area contributed by atoms with E-state index in [4.69, 9.17) is 12.2 Å². The summed E-state index contributed by atoms with van der Waals surface area (Å²) in [6.45, 7) is 6.41. The first-order valence-electron chi connectivity index (χ1n) is 5.82. The van der Waals surface area contributed by atoms with Crippen LogP contribution in [0.2, 0.25) is 0 Å². The Morgan fingerprint density at radius 1 is 1.31 bits per heavy atom. The van der Waals surface area contributed by atoms with Crippen LogP contribution in [0.15, 0.2) is 24.3 Å². The molecular formula is C13H20N2S. The van der Waals surface area contributed by atoms with Crippen molar-refractivity contribution >= 4 is 23.0 Å². The Morgan fingerprint density at radius 3 is 2.62 bits per heavy atom. The van der Waals surface area contributed by atoms with Gasteiger partial charge in [0.1, 0.15) is 0 Å². The van der Waals surface area contributed by atoms with Gasteiger partial charge >= 0.3 is 0 Å². The van der Waals surface area contributed by atoms with E-state index >= 15 is 0 Å². The van der Waals surface area contributed by atoms with Crippen LogP contribution in [0.25, 0.3) is 0 Å². The maximum absolute atomic E-state index is 5.26. The molecule has 0 aliphatic rings. The summed E-state index contributed by atoms with van der Waals surface area (Å²) in [7, 11) is 0. The lowest BCUT2D eigenvalue weighted by atomic mass is 10.1. The summed E-state index contributed by atoms with van der Waals surface area (Å²) in [6, 6.07) is 8.66. The third-order valence-electron chi connectivity index (χ3n) is 2.64. The first-order valence-corrected chi connectivity index (χ1v) is 6.23. The van der Waals surface area contributed by atoms with E-state index in [0.717, 1.165) is 18.5 Å². The SMILES string of the molecule is CCc1ccccc1NC(=S)NC(C)CC. The lowest BCUT2D eigenvalue weighted by Gasteiger charge is -2.16. The van der Waals surface area contributed by atoms with Crippen LogP contribution in [0.3, 0.4) is 0 Å². The fraction of sp³-hybridized carbons (Fsp3) is 0.462. The normalized spacial score (nSPS) is 11.9. The molecule has 0 radical (unpaired) electrons. The maximum atomic E-state index is 5.26. The molecule has 1 rings (SSSR count). The van der Waals surface area contributed by atoms with E-state index < -0.39 is 0 Å². The van der Waals surface area contributed by atoms with Crippen molar-refractivity contribution < 1.29 is 0 Å². The molecular weight excluding hydrogens is 216 g/mol. The van der Waals surface area contributed by atoms with Gasteiger partial charge < -0.3 is 10.6 Å². The molecule has 0 spiro atoms. The Labute approximate surface area is 103 Å². The molecule has 0 saturated heterocycles. The van der Waals surface area contributed by atoms with Gasteiger partial charge in [-0.05, 0) is 43.6 Å². The average Bonchev–Trinajstić information content (AvgIpc) is 2.29. The van der Waals surface area contributed by atoms with Crippen LogP contribution in [0.4, 0.5) is 5.69 Å². The minimum absolute atomic E-state index is 0.411. The second-order valence-electron chi connectivity index (χ2n) is 3.92. The lowest BCUT2D eigenvalue weighted by molar-refractivity contribution is 0.646. The summed E-state index contributed by atoms with van der Waals surface area (Å²) < 4.78 is 0. The minimum atomic E-state index is 0.411. The van der Waals surface area contributed by atoms with E-state index in [1.807, 2.05) is 6.07 Å². The molecule has 88 valence electrons. The van der Waals surface area contributed by atoms with Gasteiger partial charge in [0.15, 0.2) is 5.11 Å². The Bertz CT molecular complexity index is 350. The number of para-hydroxylation sites is 1. The van der Waals surface area contributed by atoms with Gasteiger partial charge in [0.2, 0.25) is 0 Å². The number of rotatable bonds is 4. The fourth-order valence-electron chi connectivity index (χ4n) is 1.43. The molecule has 2 N–H and O–H groups in total. The van der Waals surface area contributed by atoms with Gasteiger partial charge in [0.05, 0.1) is 0 Å². The minimum Gasteiger partial charge on any atom is -0.360 e. The van der Waals surface area contributed by atoms with Gasteiger partial charge in [-0.2, -0.15) is 0 Å². The largest absolute Gasteiger partial charge is 0.360 e. The predicted octanol–water partition coefficient (Wildman–Crippen LogP) is 3.33. The van der Waals surface area contributed by atoms with Crippen molar-refractivity contribution in [2.24, 2.45) is 0 Å². The highest BCUT2D eigenvalue weighted by molar-refractivity contribution is 7.80. The van der Waals surface area contributed by atoms with E-state index in [0.29, 0.717) is 11.2 Å². The van der Waals surface area contributed by atoms with Crippen molar-refractivity contribution in [1.82, 2.24) is 5.32 Å². The highest BCUT2D eigenvalue weighted by atomic mass is 32.1. The number of hydrogen-bond acceptors (Lipinski definition) is 1. The first-order chi connectivity index (χ1) is 7.67. The number of hydrogen-bond donors (Lipinski definition) is 2. The van der Waals surface area contributed by atoms with Crippen LogP contribution in [0.5, 0.6) is 0 Å². The summed E-state index contributed by atoms with van der Waals surface area (Å²) >= 11 is 5.26. The molecule has 1 aromatic carbocycles. The highest BCUT2D eigenvalue weighted by Crippen LogP contribution is 2.15. The summed E-state index contributed by atoms with van der Waals surface area (Å²) in [5.41, 5.74) is 2.39. The van der Waals surface area contributed by atoms with Crippen molar-refractivity contribution in [2.75, 3.05) is 5.32 Å². The zero-order valence-corrected chi connectivity index (χ0v) is 11.0. The number of anilines is 1. The topological polar surface area (TPSA) is 24.1 Å². The predicted molar refractivity (Wildman–Crippen MR) is 74.9 cm³/mol. The van der Waals surface area contributed by atoms with Crippen LogP contribution in [-0.4, -0.2) is 11.2 Å². The molecule has 1 unspecified atom stereocenters. The second kappa shape index (κ2) is 6.48. The van der Waals surface area contributed by atoms with E-state index in [2.05, 4.69) is 49.6 Å². The Morgan fingerprint density at radius 2 is 2.00 bits per heavy atom. The molecule has 0 aromatic heterocycles. The first kappa shape index (κ1) is 13.0. The van der Waals surface area contributed by atoms with E-state index in [1.54, 1.807) is 0 Å². The van der Waals surface area contributed by atoms with Crippen LogP contribution in [0.1, 0.15) is 32.8 Å². The van der Waals surface area contributed by atoms with Gasteiger partial charge in [-0.3, -0.25) is 0 Å². The smallest absolute Gasteiger partial charge is 0.170 e. The van der Waals surface area contributed by atoms with Crippen molar-refractivity contribution in [1.29, 1.82) is 0 Å². The van der Waals surface area contributed by atoms with E-state index in [9.17, 15) is 0 Å². The van der Waals surface area contributed by atoms with Gasteiger partial charge in [0, 0.05) is 11.7 Å². The van der Waals surface area contributed by atoms with Gasteiger partial charge in [-0.15, -0.1) is 0 Å². The number of nitrogens with one attached hydrogen (secondary N) is 2. The molecule has 0 amide bonds. The Hall–Kier alpha value is -1.09. The summed E-state index contributed by atoms with van der Waals surface area (Å²) in [4.78, 5) is 0. The third kappa shape index (κ3) is 3.81. The van der Waals surface area contributed by atoms with E-state index in [-0.39, 0.29) is 0 Å². The summed E-state index contributed by atoms with van der Waals surface area (Å²) in [5.74, 6) is 0. The Kier molecular flexibility index (Phi) is 5.26. The van der Waals surface area contributed by atoms with Crippen molar-refractivity contribution in [2.45, 2.75) is 39.7 Å². The fourth-order valence-corrected chi connectivity index (χ4v) is 1.75. The molecule has 0 aliphatic carbocycles. The van der Waals surface area contributed by atoms with Crippen molar-refractivity contribution in [3.05, 3.63) is 29.8 Å². The summed E-state index contributed by atoms with van der Waals surface area (Å²) in [5, 5.41) is 7.20. The Balaban J connectivity index is 2.62. The standard InChI is InChI=1S/C13H20N2S/c1-4-10(3)14-13(16)15-12-9-7-6-8-11(12)5-2/h6-10H,4-5H2,1-3H3,(H2,14,15,16). The van der Waals surface area contributed by atoms with Crippen LogP contribution < -0.4 is 10.6 Å². The molecule has 0 heterocycles. The molecule has 0 aliphatic heterocycles. The average molecular weight is 236 g/mol. The van der Waals surface area contributed by atoms with E-state index in [1.165, 1.54) is 5.56 Å². The summed E-state index contributed by atoms with van der Waals surface area (Å²) in [6.07, 6.45) is 2.08. The second-order valence-corrected chi connectivity index (χ2v) is 4.33. The zero-order chi connectivity index (χ0) is 12.0. The monoisotopic (exact) mass is 236 g/mol. The van der Waals surface area contributed by atoms with Crippen LogP contribution >= 0.6 is 12.2 Å². The zero-order valence-electron chi connectivity index (χ0n) is 10.2. The molecule has 1 aromatic rings. The quantitative estimate of drug-likeness (QED) is 0.784. The molecule has 3 heteroatoms. The molecule has 0 saturated carbocycles. The molecule has 0 bridgehead atoms. The molecule has 2 nitrogen and oxygen atoms in total. The maximum Gasteiger partial charge on any atom is 0.170 e. The number of thiocarbonyl (C=S) groups is 1. The lowest BCUT2D eigenvalue weighted by Crippen LogP contribution is -2.35. The molecule has 1 atom stereocenters. The highest BCUT2D eigenvalue weighted by Gasteiger charge is 2.04. The third-order valence-corrected chi connectivity index (χ3v) is 2.86. The van der Waals surface area contributed by atoms with Gasteiger partial charge in [-0.25, -0.2) is 0 Å². The molecule has 0 fully saturated rings. The van der Waals surface area contributed by atoms with Crippen LogP contribution in [-0.2, 0) is 6.42 Å². The number of aryl methyl sites for hydroxylation is 1. The van der Waals surface area contributed by atoms with Gasteiger partial charge in [0.25, 0.3) is 0 Å². The van der Waals surface area contributed by atoms with Crippen molar-refractivity contribution in [3.63, 3.8) is 0 Å². The van der Waals surface area contributed by atoms with Gasteiger partial charge in [-0.1, -0.05) is 32.0 Å². The molecule has 16 heavy (non-hydrogen) atoms. The van der Waals surface area contributed by atoms with Crippen molar-refractivity contribution in [3.8, 4) is 0 Å². The number of benzene rings is 1.